The van der Waals surface area contributed by atoms with Gasteiger partial charge in [-0.2, -0.15) is 13.9 Å². The van der Waals surface area contributed by atoms with Crippen LogP contribution in [0.4, 0.5) is 31.7 Å². The summed E-state index contributed by atoms with van der Waals surface area (Å²) >= 11 is 0. The maximum atomic E-state index is 13.5. The number of anilines is 4. The number of amides is 1. The molecule has 0 spiro atoms. The summed E-state index contributed by atoms with van der Waals surface area (Å²) in [6.07, 6.45) is 4.30. The van der Waals surface area contributed by atoms with Crippen molar-refractivity contribution in [2.45, 2.75) is 20.5 Å². The van der Waals surface area contributed by atoms with Gasteiger partial charge in [-0.3, -0.25) is 9.48 Å². The number of hydrogen-bond donors (Lipinski definition) is 2. The Kier molecular flexibility index (Phi) is 9.45. The number of rotatable bonds is 13. The molecule has 0 bridgehead atoms. The van der Waals surface area contributed by atoms with Gasteiger partial charge in [-0.05, 0) is 37.4 Å². The quantitative estimate of drug-likeness (QED) is 0.212. The molecule has 0 aliphatic heterocycles. The summed E-state index contributed by atoms with van der Waals surface area (Å²) in [5, 5.41) is 11.1. The van der Waals surface area contributed by atoms with Gasteiger partial charge in [0.2, 0.25) is 5.91 Å². The molecular weight excluding hydrogens is 530 g/mol. The number of nitrogens with zero attached hydrogens (tertiary/aromatic N) is 6. The monoisotopic (exact) mass is 564 g/mol. The van der Waals surface area contributed by atoms with Crippen molar-refractivity contribution in [1.82, 2.24) is 24.6 Å². The lowest BCUT2D eigenvalue weighted by Crippen LogP contribution is -2.33. The molecule has 0 saturated heterocycles. The number of likely N-dealkylation sites (N-methyl/N-ethyl adjacent to an activating group) is 2. The number of aryl methyl sites for hydroxylation is 1. The van der Waals surface area contributed by atoms with Gasteiger partial charge < -0.3 is 25.2 Å². The van der Waals surface area contributed by atoms with Crippen molar-refractivity contribution < 1.29 is 18.3 Å². The first-order valence-corrected chi connectivity index (χ1v) is 13.2. The van der Waals surface area contributed by atoms with Crippen LogP contribution in [-0.4, -0.2) is 70.4 Å². The number of ether oxygens (including phenoxy) is 1. The van der Waals surface area contributed by atoms with Crippen molar-refractivity contribution in [2.24, 2.45) is 7.05 Å². The normalized spacial score (nSPS) is 11.2. The Morgan fingerprint density at radius 3 is 2.61 bits per heavy atom. The molecule has 2 N–H and O–H groups in total. The predicted octanol–water partition coefficient (Wildman–Crippen LogP) is 5.28. The van der Waals surface area contributed by atoms with Gasteiger partial charge in [0.15, 0.2) is 5.75 Å². The Hall–Kier alpha value is -4.58. The number of halogens is 2. The van der Waals surface area contributed by atoms with Gasteiger partial charge in [0.25, 0.3) is 0 Å². The summed E-state index contributed by atoms with van der Waals surface area (Å²) in [6.45, 7) is 7.71. The first-order valence-electron chi connectivity index (χ1n) is 13.2. The highest BCUT2D eigenvalue weighted by atomic mass is 19.3. The van der Waals surface area contributed by atoms with E-state index in [2.05, 4.69) is 51.0 Å². The molecular formula is C29H34F2N8O2. The first kappa shape index (κ1) is 29.4. The van der Waals surface area contributed by atoms with E-state index in [4.69, 9.17) is 4.74 Å². The largest absolute Gasteiger partial charge is 0.433 e. The Bertz CT molecular complexity index is 1520. The average Bonchev–Trinajstić information content (AvgIpc) is 3.34. The summed E-state index contributed by atoms with van der Waals surface area (Å²) < 4.78 is 33.7. The standard InChI is InChI=1S/C29H34F2N8O2/c1-6-28(40)36-22-14-23(26(41-29(30)31)16-25(22)37(4)11-12-39(7-2)8-3)35-27-15-21(32-18-33-27)19-9-10-24-20(13-19)17-34-38(24)5/h6,9-10,13-18,29H,1,7-8,11-12H2,2-5H3,(H,36,40)(H,32,33,35). The highest BCUT2D eigenvalue weighted by Gasteiger charge is 2.19. The molecule has 0 unspecified atom stereocenters. The van der Waals surface area contributed by atoms with E-state index in [0.717, 1.165) is 42.2 Å². The Morgan fingerprint density at radius 1 is 1.12 bits per heavy atom. The van der Waals surface area contributed by atoms with Crippen LogP contribution in [0.15, 0.2) is 61.6 Å². The van der Waals surface area contributed by atoms with Crippen LogP contribution in [0.5, 0.6) is 5.75 Å². The van der Waals surface area contributed by atoms with E-state index in [-0.39, 0.29) is 11.4 Å². The summed E-state index contributed by atoms with van der Waals surface area (Å²) in [7, 11) is 3.70. The molecule has 12 heteroatoms. The fourth-order valence-electron chi connectivity index (χ4n) is 4.46. The number of hydrogen-bond acceptors (Lipinski definition) is 8. The molecule has 41 heavy (non-hydrogen) atoms. The van der Waals surface area contributed by atoms with Crippen molar-refractivity contribution in [3.63, 3.8) is 0 Å². The van der Waals surface area contributed by atoms with Crippen LogP contribution in [-0.2, 0) is 11.8 Å². The molecule has 2 aromatic heterocycles. The molecule has 0 atom stereocenters. The van der Waals surface area contributed by atoms with Gasteiger partial charge in [0.1, 0.15) is 12.1 Å². The molecule has 0 radical (unpaired) electrons. The fourth-order valence-corrected chi connectivity index (χ4v) is 4.46. The van der Waals surface area contributed by atoms with E-state index in [1.54, 1.807) is 23.0 Å². The summed E-state index contributed by atoms with van der Waals surface area (Å²) in [6, 6.07) is 10.6. The topological polar surface area (TPSA) is 100 Å². The third kappa shape index (κ3) is 7.14. The van der Waals surface area contributed by atoms with Crippen LogP contribution >= 0.6 is 0 Å². The van der Waals surface area contributed by atoms with E-state index in [1.165, 1.54) is 12.4 Å². The van der Waals surface area contributed by atoms with Crippen LogP contribution in [0.2, 0.25) is 0 Å². The Labute approximate surface area is 237 Å². The van der Waals surface area contributed by atoms with Crippen LogP contribution in [0.3, 0.4) is 0 Å². The van der Waals surface area contributed by atoms with E-state index in [1.807, 2.05) is 37.2 Å². The predicted molar refractivity (Wildman–Crippen MR) is 158 cm³/mol. The van der Waals surface area contributed by atoms with Crippen LogP contribution in [0, 0.1) is 0 Å². The first-order chi connectivity index (χ1) is 19.7. The number of nitrogens with one attached hydrogen (secondary N) is 2. The minimum absolute atomic E-state index is 0.0989. The van der Waals surface area contributed by atoms with Gasteiger partial charge in [0.05, 0.1) is 34.5 Å². The van der Waals surface area contributed by atoms with Crippen LogP contribution in [0.25, 0.3) is 22.2 Å². The number of alkyl halides is 2. The second-order valence-electron chi connectivity index (χ2n) is 9.34. The number of benzene rings is 2. The third-order valence-electron chi connectivity index (χ3n) is 6.79. The highest BCUT2D eigenvalue weighted by molar-refractivity contribution is 6.02. The smallest absolute Gasteiger partial charge is 0.387 e. The third-order valence-corrected chi connectivity index (χ3v) is 6.79. The molecule has 0 fully saturated rings. The maximum absolute atomic E-state index is 13.5. The SMILES string of the molecule is C=CC(=O)Nc1cc(Nc2cc(-c3ccc4c(cnn4C)c3)ncn2)c(OC(F)F)cc1N(C)CCN(CC)CC. The second kappa shape index (κ2) is 13.2. The average molecular weight is 565 g/mol. The minimum Gasteiger partial charge on any atom is -0.433 e. The van der Waals surface area contributed by atoms with Crippen molar-refractivity contribution >= 4 is 39.7 Å². The van der Waals surface area contributed by atoms with Crippen molar-refractivity contribution in [3.05, 3.63) is 61.6 Å². The Balaban J connectivity index is 1.70. The van der Waals surface area contributed by atoms with Gasteiger partial charge >= 0.3 is 6.61 Å². The van der Waals surface area contributed by atoms with Crippen molar-refractivity contribution in [3.8, 4) is 17.0 Å². The fraction of sp³-hybridized carbons (Fsp3) is 0.310. The van der Waals surface area contributed by atoms with Gasteiger partial charge in [-0.1, -0.05) is 26.5 Å². The van der Waals surface area contributed by atoms with E-state index in [9.17, 15) is 13.6 Å². The lowest BCUT2D eigenvalue weighted by atomic mass is 10.1. The van der Waals surface area contributed by atoms with Crippen LogP contribution in [0.1, 0.15) is 13.8 Å². The minimum atomic E-state index is -3.06. The summed E-state index contributed by atoms with van der Waals surface area (Å²) in [5.41, 5.74) is 3.55. The number of fused-ring (bicyclic) bond motifs is 1. The van der Waals surface area contributed by atoms with Gasteiger partial charge in [-0.25, -0.2) is 9.97 Å². The van der Waals surface area contributed by atoms with Crippen molar-refractivity contribution in [1.29, 1.82) is 0 Å². The Morgan fingerprint density at radius 2 is 1.90 bits per heavy atom. The van der Waals surface area contributed by atoms with E-state index < -0.39 is 12.5 Å². The second-order valence-corrected chi connectivity index (χ2v) is 9.34. The van der Waals surface area contributed by atoms with Crippen molar-refractivity contribution in [2.75, 3.05) is 48.8 Å². The van der Waals surface area contributed by atoms with Gasteiger partial charge in [-0.15, -0.1) is 0 Å². The maximum Gasteiger partial charge on any atom is 0.387 e. The lowest BCUT2D eigenvalue weighted by molar-refractivity contribution is -0.111. The van der Waals surface area contributed by atoms with Crippen LogP contribution < -0.4 is 20.3 Å². The molecule has 0 aliphatic carbocycles. The molecule has 4 aromatic rings. The highest BCUT2D eigenvalue weighted by Crippen LogP contribution is 2.39. The molecule has 216 valence electrons. The molecule has 2 heterocycles. The van der Waals surface area contributed by atoms with Gasteiger partial charge in [0, 0.05) is 50.3 Å². The number of carbonyl (C=O) groups excluding carboxylic acids is 1. The summed E-state index contributed by atoms with van der Waals surface area (Å²) in [5.74, 6) is -0.186. The zero-order valence-electron chi connectivity index (χ0n) is 23.6. The zero-order valence-corrected chi connectivity index (χ0v) is 23.6. The lowest BCUT2D eigenvalue weighted by Gasteiger charge is -2.27. The molecule has 10 nitrogen and oxygen atoms in total. The summed E-state index contributed by atoms with van der Waals surface area (Å²) in [4.78, 5) is 25.1. The molecule has 0 saturated carbocycles. The van der Waals surface area contributed by atoms with E-state index in [0.29, 0.717) is 29.4 Å². The molecule has 4 rings (SSSR count). The zero-order chi connectivity index (χ0) is 29.5. The number of aromatic nitrogens is 4. The van der Waals surface area contributed by atoms with E-state index >= 15 is 0 Å². The molecule has 0 aliphatic rings. The number of carbonyl (C=O) groups is 1. The molecule has 2 aromatic carbocycles. The molecule has 1 amide bonds.